The summed E-state index contributed by atoms with van der Waals surface area (Å²) >= 11 is 0. The van der Waals surface area contributed by atoms with Crippen LogP contribution in [0.3, 0.4) is 0 Å². The number of hydrogen-bond donors (Lipinski definition) is 1. The van der Waals surface area contributed by atoms with Gasteiger partial charge in [-0.2, -0.15) is 10.1 Å². The average molecular weight is 403 g/mol. The van der Waals surface area contributed by atoms with Crippen LogP contribution in [0.4, 0.5) is 5.95 Å². The van der Waals surface area contributed by atoms with Gasteiger partial charge < -0.3 is 4.57 Å². The first-order chi connectivity index (χ1) is 14.6. The summed E-state index contributed by atoms with van der Waals surface area (Å²) < 4.78 is 4.22. The van der Waals surface area contributed by atoms with E-state index < -0.39 is 11.2 Å². The Kier molecular flexibility index (Phi) is 5.25. The maximum absolute atomic E-state index is 12.9. The molecule has 0 aliphatic rings. The molecule has 1 N–H and O–H groups in total. The van der Waals surface area contributed by atoms with Gasteiger partial charge in [-0.05, 0) is 18.1 Å². The third-order valence-corrected chi connectivity index (χ3v) is 4.88. The fourth-order valence-electron chi connectivity index (χ4n) is 3.25. The molecule has 9 nitrogen and oxygen atoms in total. The lowest BCUT2D eigenvalue weighted by Gasteiger charge is -2.09. The molecule has 0 radical (unpaired) electrons. The van der Waals surface area contributed by atoms with Crippen LogP contribution in [-0.2, 0) is 27.1 Å². The molecule has 0 spiro atoms. The summed E-state index contributed by atoms with van der Waals surface area (Å²) in [6.07, 6.45) is 5.68. The number of fused-ring (bicyclic) bond motifs is 1. The first-order valence-corrected chi connectivity index (χ1v) is 9.45. The van der Waals surface area contributed by atoms with Crippen molar-refractivity contribution in [1.29, 1.82) is 0 Å². The van der Waals surface area contributed by atoms with Crippen LogP contribution in [0.2, 0.25) is 0 Å². The highest BCUT2D eigenvalue weighted by atomic mass is 16.2. The molecular weight excluding hydrogens is 382 g/mol. The van der Waals surface area contributed by atoms with Crippen molar-refractivity contribution in [3.8, 4) is 0 Å². The van der Waals surface area contributed by atoms with Crippen molar-refractivity contribution >= 4 is 23.3 Å². The zero-order valence-electron chi connectivity index (χ0n) is 16.7. The standard InChI is InChI=1S/C21H21N7O2/c1-26-18-17(19(29)27(2)21(26)30)28(12-10-15-7-4-3-5-8-15)20(24-18)25-23-14-16-9-6-11-22-13-16/h3-9,11,13-14H,10,12H2,1-2H3,(H,24,25)/b23-14-. The van der Waals surface area contributed by atoms with Gasteiger partial charge >= 0.3 is 5.69 Å². The smallest absolute Gasteiger partial charge is 0.303 e. The molecule has 0 fully saturated rings. The summed E-state index contributed by atoms with van der Waals surface area (Å²) in [4.78, 5) is 33.7. The number of nitrogens with zero attached hydrogens (tertiary/aromatic N) is 6. The zero-order chi connectivity index (χ0) is 21.1. The number of anilines is 1. The second-order valence-corrected chi connectivity index (χ2v) is 6.86. The molecule has 30 heavy (non-hydrogen) atoms. The minimum Gasteiger partial charge on any atom is -0.303 e. The fourth-order valence-corrected chi connectivity index (χ4v) is 3.25. The molecule has 1 aromatic carbocycles. The number of aryl methyl sites for hydroxylation is 3. The van der Waals surface area contributed by atoms with E-state index in [4.69, 9.17) is 0 Å². The third-order valence-electron chi connectivity index (χ3n) is 4.88. The lowest BCUT2D eigenvalue weighted by molar-refractivity contribution is 0.687. The first kappa shape index (κ1) is 19.3. The normalized spacial score (nSPS) is 11.4. The molecule has 0 unspecified atom stereocenters. The van der Waals surface area contributed by atoms with Crippen molar-refractivity contribution in [1.82, 2.24) is 23.7 Å². The monoisotopic (exact) mass is 403 g/mol. The molecule has 0 saturated carbocycles. The molecule has 0 atom stereocenters. The Morgan fingerprint density at radius 1 is 1.07 bits per heavy atom. The number of benzene rings is 1. The van der Waals surface area contributed by atoms with E-state index in [0.717, 1.165) is 15.7 Å². The summed E-state index contributed by atoms with van der Waals surface area (Å²) in [6, 6.07) is 13.7. The van der Waals surface area contributed by atoms with E-state index >= 15 is 0 Å². The summed E-state index contributed by atoms with van der Waals surface area (Å²) in [7, 11) is 3.06. The maximum Gasteiger partial charge on any atom is 0.332 e. The topological polar surface area (TPSA) is 99.1 Å². The number of imidazole rings is 1. The van der Waals surface area contributed by atoms with Gasteiger partial charge in [0.15, 0.2) is 11.2 Å². The molecule has 4 aromatic rings. The van der Waals surface area contributed by atoms with E-state index in [1.54, 1.807) is 30.2 Å². The van der Waals surface area contributed by atoms with Gasteiger partial charge in [-0.25, -0.2) is 10.2 Å². The summed E-state index contributed by atoms with van der Waals surface area (Å²) in [5, 5.41) is 4.23. The maximum atomic E-state index is 12.9. The lowest BCUT2D eigenvalue weighted by atomic mass is 10.1. The Morgan fingerprint density at radius 3 is 2.60 bits per heavy atom. The van der Waals surface area contributed by atoms with E-state index in [-0.39, 0.29) is 0 Å². The Labute approximate surface area is 172 Å². The van der Waals surface area contributed by atoms with Crippen LogP contribution in [0.15, 0.2) is 69.5 Å². The predicted octanol–water partition coefficient (Wildman–Crippen LogP) is 1.52. The highest BCUT2D eigenvalue weighted by molar-refractivity contribution is 5.80. The van der Waals surface area contributed by atoms with Gasteiger partial charge in [0, 0.05) is 38.6 Å². The largest absolute Gasteiger partial charge is 0.332 e. The minimum absolute atomic E-state index is 0.315. The van der Waals surface area contributed by atoms with Crippen LogP contribution in [0.25, 0.3) is 11.2 Å². The number of hydrogen-bond acceptors (Lipinski definition) is 6. The van der Waals surface area contributed by atoms with Crippen LogP contribution in [-0.4, -0.2) is 29.9 Å². The van der Waals surface area contributed by atoms with Gasteiger partial charge in [0.1, 0.15) is 0 Å². The summed E-state index contributed by atoms with van der Waals surface area (Å²) in [5.41, 5.74) is 4.72. The molecule has 0 aliphatic carbocycles. The minimum atomic E-state index is -0.425. The van der Waals surface area contributed by atoms with Crippen molar-refractivity contribution in [2.75, 3.05) is 5.43 Å². The Hall–Kier alpha value is -4.01. The fraction of sp³-hybridized carbons (Fsp3) is 0.190. The van der Waals surface area contributed by atoms with Gasteiger partial charge in [-0.1, -0.05) is 36.4 Å². The van der Waals surface area contributed by atoms with Gasteiger partial charge in [-0.15, -0.1) is 0 Å². The molecule has 3 heterocycles. The van der Waals surface area contributed by atoms with E-state index in [0.29, 0.717) is 30.1 Å². The van der Waals surface area contributed by atoms with Crippen LogP contribution >= 0.6 is 0 Å². The quantitative estimate of drug-likeness (QED) is 0.389. The molecule has 0 saturated heterocycles. The van der Waals surface area contributed by atoms with Crippen LogP contribution < -0.4 is 16.7 Å². The molecule has 3 aromatic heterocycles. The Balaban J connectivity index is 1.76. The van der Waals surface area contributed by atoms with Gasteiger partial charge in [0.25, 0.3) is 5.56 Å². The van der Waals surface area contributed by atoms with E-state index in [2.05, 4.69) is 20.5 Å². The molecular formula is C21H21N7O2. The number of nitrogens with one attached hydrogen (secondary N) is 1. The van der Waals surface area contributed by atoms with Gasteiger partial charge in [-0.3, -0.25) is 18.9 Å². The summed E-state index contributed by atoms with van der Waals surface area (Å²) in [5.74, 6) is 0.388. The second-order valence-electron chi connectivity index (χ2n) is 6.86. The molecule has 0 aliphatic heterocycles. The molecule has 9 heteroatoms. The second kappa shape index (κ2) is 8.16. The number of pyridine rings is 1. The molecule has 4 rings (SSSR count). The number of aromatic nitrogens is 5. The van der Waals surface area contributed by atoms with Crippen LogP contribution in [0.1, 0.15) is 11.1 Å². The number of hydrazone groups is 1. The first-order valence-electron chi connectivity index (χ1n) is 9.45. The van der Waals surface area contributed by atoms with Crippen molar-refractivity contribution in [3.63, 3.8) is 0 Å². The van der Waals surface area contributed by atoms with E-state index in [1.807, 2.05) is 42.5 Å². The average Bonchev–Trinajstić information content (AvgIpc) is 3.15. The third kappa shape index (κ3) is 3.64. The van der Waals surface area contributed by atoms with Crippen molar-refractivity contribution in [3.05, 3.63) is 86.8 Å². The Bertz CT molecular complexity index is 1320. The van der Waals surface area contributed by atoms with Crippen molar-refractivity contribution < 1.29 is 0 Å². The highest BCUT2D eigenvalue weighted by Crippen LogP contribution is 2.17. The molecule has 152 valence electrons. The Morgan fingerprint density at radius 2 is 1.87 bits per heavy atom. The van der Waals surface area contributed by atoms with E-state index in [1.165, 1.54) is 11.6 Å². The predicted molar refractivity (Wildman–Crippen MR) is 116 cm³/mol. The highest BCUT2D eigenvalue weighted by Gasteiger charge is 2.18. The van der Waals surface area contributed by atoms with Gasteiger partial charge in [0.05, 0.1) is 6.21 Å². The van der Waals surface area contributed by atoms with Crippen LogP contribution in [0, 0.1) is 0 Å². The lowest BCUT2D eigenvalue weighted by Crippen LogP contribution is -2.37. The van der Waals surface area contributed by atoms with Gasteiger partial charge in [0.2, 0.25) is 5.95 Å². The van der Waals surface area contributed by atoms with Crippen molar-refractivity contribution in [2.24, 2.45) is 19.2 Å². The van der Waals surface area contributed by atoms with E-state index in [9.17, 15) is 9.59 Å². The SMILES string of the molecule is Cn1c(=O)c2c(nc(N/N=C\c3cccnc3)n2CCc2ccccc2)n(C)c1=O. The summed E-state index contributed by atoms with van der Waals surface area (Å²) in [6.45, 7) is 0.499. The molecule has 0 amide bonds. The molecule has 0 bridgehead atoms. The zero-order valence-corrected chi connectivity index (χ0v) is 16.7. The number of rotatable bonds is 6. The van der Waals surface area contributed by atoms with Crippen LogP contribution in [0.5, 0.6) is 0 Å². The van der Waals surface area contributed by atoms with Crippen molar-refractivity contribution in [2.45, 2.75) is 13.0 Å².